The number of pyridine rings is 1. The van der Waals surface area contributed by atoms with Crippen LogP contribution >= 0.6 is 0 Å². The van der Waals surface area contributed by atoms with E-state index in [1.807, 2.05) is 60.7 Å². The molecule has 1 aromatic heterocycles. The van der Waals surface area contributed by atoms with Gasteiger partial charge in [-0.3, -0.25) is 9.59 Å². The number of carbonyl (C=O) groups is 2. The number of methoxy groups -OCH3 is 1. The number of ether oxygens (including phenoxy) is 1. The Morgan fingerprint density at radius 1 is 0.897 bits per heavy atom. The van der Waals surface area contributed by atoms with E-state index in [9.17, 15) is 9.59 Å². The topological polar surface area (TPSA) is 71.5 Å². The molecule has 0 atom stereocenters. The van der Waals surface area contributed by atoms with Gasteiger partial charge in [-0.25, -0.2) is 4.98 Å². The van der Waals surface area contributed by atoms with Gasteiger partial charge >= 0.3 is 0 Å². The van der Waals surface area contributed by atoms with Gasteiger partial charge in [0.25, 0.3) is 11.8 Å². The highest BCUT2D eigenvalue weighted by Crippen LogP contribution is 2.19. The van der Waals surface area contributed by atoms with Crippen molar-refractivity contribution in [1.82, 2.24) is 10.3 Å². The van der Waals surface area contributed by atoms with Crippen molar-refractivity contribution < 1.29 is 14.3 Å². The molecule has 6 nitrogen and oxygen atoms in total. The summed E-state index contributed by atoms with van der Waals surface area (Å²) < 4.78 is 4.93. The highest BCUT2D eigenvalue weighted by atomic mass is 16.5. The molecule has 0 bridgehead atoms. The Bertz CT molecular complexity index is 946. The molecular weight excluding hydrogens is 366 g/mol. The first kappa shape index (κ1) is 20.2. The Morgan fingerprint density at radius 3 is 2.24 bits per heavy atom. The normalized spacial score (nSPS) is 10.4. The predicted molar refractivity (Wildman–Crippen MR) is 112 cm³/mol. The van der Waals surface area contributed by atoms with Crippen LogP contribution in [-0.2, 0) is 11.3 Å². The number of nitrogens with one attached hydrogen (secondary N) is 1. The van der Waals surface area contributed by atoms with Crippen LogP contribution in [0.5, 0.6) is 0 Å². The monoisotopic (exact) mass is 389 g/mol. The number of benzene rings is 2. The van der Waals surface area contributed by atoms with Crippen molar-refractivity contribution in [2.45, 2.75) is 6.54 Å². The molecular formula is C23H23N3O3. The fourth-order valence-corrected chi connectivity index (χ4v) is 2.83. The third kappa shape index (κ3) is 5.49. The quantitative estimate of drug-likeness (QED) is 0.600. The number of aromatic nitrogens is 1. The van der Waals surface area contributed by atoms with Gasteiger partial charge in [-0.05, 0) is 29.8 Å². The zero-order valence-electron chi connectivity index (χ0n) is 16.2. The molecule has 0 radical (unpaired) electrons. The third-order valence-corrected chi connectivity index (χ3v) is 4.29. The Balaban J connectivity index is 1.86. The first-order valence-electron chi connectivity index (χ1n) is 9.34. The van der Waals surface area contributed by atoms with Crippen LogP contribution in [0.25, 0.3) is 0 Å². The van der Waals surface area contributed by atoms with Crippen molar-refractivity contribution >= 4 is 17.5 Å². The zero-order valence-corrected chi connectivity index (χ0v) is 16.2. The standard InChI is InChI=1S/C23H23N3O3/c1-29-16-15-24-22(27)20-13-8-14-21(25-20)23(28)26(19-11-6-3-7-12-19)17-18-9-4-2-5-10-18/h2-14H,15-17H2,1H3,(H,24,27). The Hall–Kier alpha value is -3.51. The van der Waals surface area contributed by atoms with Crippen LogP contribution in [0, 0.1) is 0 Å². The summed E-state index contributed by atoms with van der Waals surface area (Å²) in [5, 5.41) is 2.72. The van der Waals surface area contributed by atoms with Gasteiger partial charge in [0.2, 0.25) is 0 Å². The highest BCUT2D eigenvalue weighted by Gasteiger charge is 2.20. The summed E-state index contributed by atoms with van der Waals surface area (Å²) in [6.45, 7) is 1.18. The number of carbonyl (C=O) groups excluding carboxylic acids is 2. The summed E-state index contributed by atoms with van der Waals surface area (Å²) in [6, 6.07) is 24.0. The third-order valence-electron chi connectivity index (χ3n) is 4.29. The van der Waals surface area contributed by atoms with Crippen molar-refractivity contribution in [2.24, 2.45) is 0 Å². The number of hydrogen-bond donors (Lipinski definition) is 1. The summed E-state index contributed by atoms with van der Waals surface area (Å²) in [5.74, 6) is -0.613. The van der Waals surface area contributed by atoms with Crippen molar-refractivity contribution in [3.05, 3.63) is 95.8 Å². The van der Waals surface area contributed by atoms with Gasteiger partial charge < -0.3 is 15.0 Å². The fourth-order valence-electron chi connectivity index (χ4n) is 2.83. The maximum atomic E-state index is 13.3. The van der Waals surface area contributed by atoms with Crippen molar-refractivity contribution in [3.8, 4) is 0 Å². The minimum absolute atomic E-state index is 0.194. The average molecular weight is 389 g/mol. The van der Waals surface area contributed by atoms with Crippen LogP contribution in [0.2, 0.25) is 0 Å². The highest BCUT2D eigenvalue weighted by molar-refractivity contribution is 6.05. The first-order valence-corrected chi connectivity index (χ1v) is 9.34. The largest absolute Gasteiger partial charge is 0.383 e. The lowest BCUT2D eigenvalue weighted by molar-refractivity contribution is 0.0931. The predicted octanol–water partition coefficient (Wildman–Crippen LogP) is 3.30. The summed E-state index contributed by atoms with van der Waals surface area (Å²) >= 11 is 0. The van der Waals surface area contributed by atoms with E-state index < -0.39 is 0 Å². The number of amides is 2. The van der Waals surface area contributed by atoms with Gasteiger partial charge in [0.05, 0.1) is 13.2 Å². The molecule has 2 amide bonds. The van der Waals surface area contributed by atoms with Gasteiger partial charge in [0, 0.05) is 19.3 Å². The maximum absolute atomic E-state index is 13.3. The van der Waals surface area contributed by atoms with Crippen molar-refractivity contribution in [1.29, 1.82) is 0 Å². The number of rotatable bonds is 8. The van der Waals surface area contributed by atoms with E-state index in [1.165, 1.54) is 0 Å². The van der Waals surface area contributed by atoms with Crippen LogP contribution in [0.1, 0.15) is 26.5 Å². The molecule has 2 aromatic carbocycles. The molecule has 0 aliphatic rings. The molecule has 3 rings (SSSR count). The summed E-state index contributed by atoms with van der Waals surface area (Å²) in [7, 11) is 1.56. The molecule has 6 heteroatoms. The van der Waals surface area contributed by atoms with E-state index in [1.54, 1.807) is 30.2 Å². The molecule has 0 saturated carbocycles. The second-order valence-corrected chi connectivity index (χ2v) is 6.37. The molecule has 0 aliphatic heterocycles. The smallest absolute Gasteiger partial charge is 0.277 e. The molecule has 0 spiro atoms. The van der Waals surface area contributed by atoms with Crippen LogP contribution in [-0.4, -0.2) is 37.1 Å². The molecule has 29 heavy (non-hydrogen) atoms. The SMILES string of the molecule is COCCNC(=O)c1cccc(C(=O)N(Cc2ccccc2)c2ccccc2)n1. The lowest BCUT2D eigenvalue weighted by Crippen LogP contribution is -2.32. The summed E-state index contributed by atoms with van der Waals surface area (Å²) in [4.78, 5) is 31.5. The van der Waals surface area contributed by atoms with Crippen LogP contribution in [0.15, 0.2) is 78.9 Å². The Morgan fingerprint density at radius 2 is 1.55 bits per heavy atom. The van der Waals surface area contributed by atoms with Crippen LogP contribution < -0.4 is 10.2 Å². The Kier molecular flexibility index (Phi) is 7.08. The molecule has 0 aliphatic carbocycles. The second kappa shape index (κ2) is 10.1. The lowest BCUT2D eigenvalue weighted by Gasteiger charge is -2.23. The van der Waals surface area contributed by atoms with E-state index in [0.717, 1.165) is 11.3 Å². The molecule has 1 N–H and O–H groups in total. The summed E-state index contributed by atoms with van der Waals surface area (Å²) in [6.07, 6.45) is 0. The molecule has 3 aromatic rings. The summed E-state index contributed by atoms with van der Waals surface area (Å²) in [5.41, 5.74) is 2.17. The van der Waals surface area contributed by atoms with Gasteiger partial charge in [-0.1, -0.05) is 54.6 Å². The molecule has 1 heterocycles. The number of hydrogen-bond acceptors (Lipinski definition) is 4. The maximum Gasteiger partial charge on any atom is 0.277 e. The van der Waals surface area contributed by atoms with E-state index in [2.05, 4.69) is 10.3 Å². The molecule has 148 valence electrons. The lowest BCUT2D eigenvalue weighted by atomic mass is 10.1. The van der Waals surface area contributed by atoms with E-state index in [-0.39, 0.29) is 23.2 Å². The molecule has 0 saturated heterocycles. The van der Waals surface area contributed by atoms with E-state index in [0.29, 0.717) is 19.7 Å². The fraction of sp³-hybridized carbons (Fsp3) is 0.174. The van der Waals surface area contributed by atoms with Crippen molar-refractivity contribution in [2.75, 3.05) is 25.2 Å². The number of para-hydroxylation sites is 1. The van der Waals surface area contributed by atoms with Crippen molar-refractivity contribution in [3.63, 3.8) is 0 Å². The minimum atomic E-state index is -0.342. The van der Waals surface area contributed by atoms with Gasteiger partial charge in [0.1, 0.15) is 11.4 Å². The van der Waals surface area contributed by atoms with Crippen LogP contribution in [0.3, 0.4) is 0 Å². The second-order valence-electron chi connectivity index (χ2n) is 6.37. The van der Waals surface area contributed by atoms with Crippen LogP contribution in [0.4, 0.5) is 5.69 Å². The van der Waals surface area contributed by atoms with Gasteiger partial charge in [-0.15, -0.1) is 0 Å². The number of nitrogens with zero attached hydrogens (tertiary/aromatic N) is 2. The minimum Gasteiger partial charge on any atom is -0.383 e. The Labute approximate surface area is 170 Å². The first-order chi connectivity index (χ1) is 14.2. The molecule has 0 fully saturated rings. The molecule has 0 unspecified atom stereocenters. The number of anilines is 1. The van der Waals surface area contributed by atoms with Gasteiger partial charge in [0.15, 0.2) is 0 Å². The van der Waals surface area contributed by atoms with E-state index >= 15 is 0 Å². The van der Waals surface area contributed by atoms with Gasteiger partial charge in [-0.2, -0.15) is 0 Å². The average Bonchev–Trinajstić information content (AvgIpc) is 2.78. The van der Waals surface area contributed by atoms with E-state index in [4.69, 9.17) is 4.74 Å². The zero-order chi connectivity index (χ0) is 20.5.